The van der Waals surface area contributed by atoms with Crippen molar-refractivity contribution in [1.82, 2.24) is 15.5 Å². The molecule has 0 bridgehead atoms. The first-order valence-corrected chi connectivity index (χ1v) is 11.7. The smallest absolute Gasteiger partial charge is 0.279 e. The summed E-state index contributed by atoms with van der Waals surface area (Å²) < 4.78 is 0. The SMILES string of the molecule is CC[C@@H](NC1=C(Nc2cccc(C(=O)NC)c2O)C(=O)N(Cc2ccccc2)C1=O)c1ccccc1. The van der Waals surface area contributed by atoms with Gasteiger partial charge in [0.1, 0.15) is 11.4 Å². The van der Waals surface area contributed by atoms with Gasteiger partial charge in [-0.05, 0) is 29.7 Å². The van der Waals surface area contributed by atoms with Crippen LogP contribution in [0.15, 0.2) is 90.3 Å². The molecule has 0 radical (unpaired) electrons. The van der Waals surface area contributed by atoms with Gasteiger partial charge in [0.25, 0.3) is 17.7 Å². The number of aromatic hydroxyl groups is 1. The molecule has 0 saturated carbocycles. The number of nitrogens with one attached hydrogen (secondary N) is 3. The number of carbonyl (C=O) groups is 3. The largest absolute Gasteiger partial charge is 0.505 e. The van der Waals surface area contributed by atoms with Crippen molar-refractivity contribution in [3.8, 4) is 5.75 Å². The van der Waals surface area contributed by atoms with Crippen molar-refractivity contribution in [3.05, 3.63) is 107 Å². The average molecular weight is 485 g/mol. The van der Waals surface area contributed by atoms with E-state index < -0.39 is 17.7 Å². The van der Waals surface area contributed by atoms with Gasteiger partial charge in [-0.15, -0.1) is 0 Å². The third kappa shape index (κ3) is 4.93. The number of carbonyl (C=O) groups excluding carboxylic acids is 3. The number of hydrogen-bond acceptors (Lipinski definition) is 6. The summed E-state index contributed by atoms with van der Waals surface area (Å²) in [5, 5.41) is 19.4. The zero-order valence-electron chi connectivity index (χ0n) is 20.1. The Morgan fingerprint density at radius 2 is 1.53 bits per heavy atom. The summed E-state index contributed by atoms with van der Waals surface area (Å²) in [6.45, 7) is 2.08. The maximum Gasteiger partial charge on any atom is 0.279 e. The lowest BCUT2D eigenvalue weighted by atomic mass is 10.0. The molecule has 1 heterocycles. The van der Waals surface area contributed by atoms with Gasteiger partial charge in [0.2, 0.25) is 0 Å². The molecule has 184 valence electrons. The van der Waals surface area contributed by atoms with Crippen LogP contribution >= 0.6 is 0 Å². The number of phenolic OH excluding ortho intramolecular Hbond substituents is 1. The lowest BCUT2D eigenvalue weighted by Crippen LogP contribution is -2.34. The van der Waals surface area contributed by atoms with Crippen molar-refractivity contribution in [2.45, 2.75) is 25.9 Å². The Labute approximate surface area is 209 Å². The van der Waals surface area contributed by atoms with Crippen molar-refractivity contribution in [3.63, 3.8) is 0 Å². The quantitative estimate of drug-likeness (QED) is 0.272. The molecular weight excluding hydrogens is 456 g/mol. The highest BCUT2D eigenvalue weighted by Gasteiger charge is 2.40. The topological polar surface area (TPSA) is 111 Å². The Balaban J connectivity index is 1.73. The molecule has 4 N–H and O–H groups in total. The molecule has 8 nitrogen and oxygen atoms in total. The van der Waals surface area contributed by atoms with Crippen LogP contribution in [-0.4, -0.2) is 34.8 Å². The maximum absolute atomic E-state index is 13.5. The molecule has 0 unspecified atom stereocenters. The molecule has 4 rings (SSSR count). The molecule has 8 heteroatoms. The number of rotatable bonds is 9. The molecule has 0 spiro atoms. The molecule has 36 heavy (non-hydrogen) atoms. The zero-order valence-corrected chi connectivity index (χ0v) is 20.1. The van der Waals surface area contributed by atoms with E-state index in [1.54, 1.807) is 12.1 Å². The Hall–Kier alpha value is -4.59. The number of benzene rings is 3. The van der Waals surface area contributed by atoms with Crippen molar-refractivity contribution in [2.75, 3.05) is 12.4 Å². The minimum absolute atomic E-state index is 0.00895. The molecule has 3 aromatic rings. The van der Waals surface area contributed by atoms with Crippen LogP contribution in [0, 0.1) is 0 Å². The van der Waals surface area contributed by atoms with Crippen molar-refractivity contribution in [1.29, 1.82) is 0 Å². The molecule has 0 fully saturated rings. The van der Waals surface area contributed by atoms with Gasteiger partial charge in [0, 0.05) is 7.05 Å². The van der Waals surface area contributed by atoms with E-state index in [0.717, 1.165) is 16.0 Å². The number of amides is 3. The van der Waals surface area contributed by atoms with E-state index in [1.165, 1.54) is 13.1 Å². The second-order valence-electron chi connectivity index (χ2n) is 8.35. The lowest BCUT2D eigenvalue weighted by Gasteiger charge is -2.20. The van der Waals surface area contributed by atoms with Gasteiger partial charge in [0.15, 0.2) is 5.75 Å². The Morgan fingerprint density at radius 1 is 0.889 bits per heavy atom. The van der Waals surface area contributed by atoms with Gasteiger partial charge in [-0.2, -0.15) is 0 Å². The second kappa shape index (κ2) is 10.8. The minimum atomic E-state index is -0.529. The Morgan fingerprint density at radius 3 is 2.17 bits per heavy atom. The van der Waals surface area contributed by atoms with E-state index in [1.807, 2.05) is 67.6 Å². The predicted molar refractivity (Wildman–Crippen MR) is 137 cm³/mol. The van der Waals surface area contributed by atoms with Crippen molar-refractivity contribution in [2.24, 2.45) is 0 Å². The van der Waals surface area contributed by atoms with Crippen LogP contribution in [0.4, 0.5) is 5.69 Å². The summed E-state index contributed by atoms with van der Waals surface area (Å²) in [5.41, 5.74) is 2.08. The number of para-hydroxylation sites is 1. The number of nitrogens with zero attached hydrogens (tertiary/aromatic N) is 1. The molecule has 1 aliphatic heterocycles. The van der Waals surface area contributed by atoms with Gasteiger partial charge in [-0.1, -0.05) is 73.7 Å². The summed E-state index contributed by atoms with van der Waals surface area (Å²) in [4.78, 5) is 40.4. The molecule has 0 aromatic heterocycles. The van der Waals surface area contributed by atoms with Gasteiger partial charge >= 0.3 is 0 Å². The van der Waals surface area contributed by atoms with Crippen LogP contribution in [-0.2, 0) is 16.1 Å². The Kier molecular flexibility index (Phi) is 7.34. The van der Waals surface area contributed by atoms with Crippen LogP contribution in [0.5, 0.6) is 5.75 Å². The molecule has 0 aliphatic carbocycles. The fourth-order valence-electron chi connectivity index (χ4n) is 4.11. The molecular formula is C28H28N4O4. The average Bonchev–Trinajstić information content (AvgIpc) is 3.12. The summed E-state index contributed by atoms with van der Waals surface area (Å²) in [6, 6.07) is 23.3. The monoisotopic (exact) mass is 484 g/mol. The third-order valence-electron chi connectivity index (χ3n) is 6.05. The first-order chi connectivity index (χ1) is 17.4. The van der Waals surface area contributed by atoms with Crippen molar-refractivity contribution >= 4 is 23.4 Å². The van der Waals surface area contributed by atoms with E-state index in [4.69, 9.17) is 0 Å². The maximum atomic E-state index is 13.5. The second-order valence-corrected chi connectivity index (χ2v) is 8.35. The van der Waals surface area contributed by atoms with E-state index in [-0.39, 0.29) is 41.0 Å². The number of imide groups is 1. The highest BCUT2D eigenvalue weighted by atomic mass is 16.3. The molecule has 3 amide bonds. The standard InChI is InChI=1S/C28H28N4O4/c1-3-21(19-13-8-5-9-14-19)30-23-24(31-22-16-10-15-20(25(22)33)26(34)29-2)28(36)32(27(23)35)17-18-11-6-4-7-12-18/h4-16,21,30-31,33H,3,17H2,1-2H3,(H,29,34)/t21-/m1/s1. The van der Waals surface area contributed by atoms with E-state index in [2.05, 4.69) is 16.0 Å². The fraction of sp³-hybridized carbons (Fsp3) is 0.179. The lowest BCUT2D eigenvalue weighted by molar-refractivity contribution is -0.138. The summed E-state index contributed by atoms with van der Waals surface area (Å²) >= 11 is 0. The van der Waals surface area contributed by atoms with Crippen LogP contribution in [0.2, 0.25) is 0 Å². The zero-order chi connectivity index (χ0) is 25.7. The fourth-order valence-corrected chi connectivity index (χ4v) is 4.11. The van der Waals surface area contributed by atoms with E-state index in [0.29, 0.717) is 6.42 Å². The number of phenols is 1. The summed E-state index contributed by atoms with van der Waals surface area (Å²) in [7, 11) is 1.46. The highest BCUT2D eigenvalue weighted by Crippen LogP contribution is 2.32. The van der Waals surface area contributed by atoms with Crippen LogP contribution < -0.4 is 16.0 Å². The first kappa shape index (κ1) is 24.5. The minimum Gasteiger partial charge on any atom is -0.505 e. The third-order valence-corrected chi connectivity index (χ3v) is 6.05. The first-order valence-electron chi connectivity index (χ1n) is 11.7. The van der Waals surface area contributed by atoms with Crippen molar-refractivity contribution < 1.29 is 19.5 Å². The summed E-state index contributed by atoms with van der Waals surface area (Å²) in [6.07, 6.45) is 0.665. The van der Waals surface area contributed by atoms with Gasteiger partial charge in [0.05, 0.1) is 23.8 Å². The molecule has 1 atom stereocenters. The highest BCUT2D eigenvalue weighted by molar-refractivity contribution is 6.20. The van der Waals surface area contributed by atoms with Crippen LogP contribution in [0.1, 0.15) is 40.9 Å². The number of anilines is 1. The van der Waals surface area contributed by atoms with E-state index >= 15 is 0 Å². The molecule has 0 saturated heterocycles. The molecule has 3 aromatic carbocycles. The molecule has 1 aliphatic rings. The van der Waals surface area contributed by atoms with Gasteiger partial charge in [-0.25, -0.2) is 0 Å². The summed E-state index contributed by atoms with van der Waals surface area (Å²) in [5.74, 6) is -1.79. The van der Waals surface area contributed by atoms with Crippen LogP contribution in [0.3, 0.4) is 0 Å². The van der Waals surface area contributed by atoms with Crippen LogP contribution in [0.25, 0.3) is 0 Å². The van der Waals surface area contributed by atoms with Gasteiger partial charge in [-0.3, -0.25) is 19.3 Å². The Bertz CT molecular complexity index is 1310. The normalized spacial score (nSPS) is 14.1. The number of hydrogen-bond donors (Lipinski definition) is 4. The predicted octanol–water partition coefficient (Wildman–Crippen LogP) is 3.69. The van der Waals surface area contributed by atoms with E-state index in [9.17, 15) is 19.5 Å². The van der Waals surface area contributed by atoms with Gasteiger partial charge < -0.3 is 21.1 Å².